The van der Waals surface area contributed by atoms with Crippen molar-refractivity contribution in [1.82, 2.24) is 20.2 Å². The van der Waals surface area contributed by atoms with E-state index in [1.54, 1.807) is 10.8 Å². The normalized spacial score (nSPS) is 18.7. The number of benzene rings is 1. The SMILES string of the molecule is Nc1cc[n+](CC2=C(C(=O)[O-])N3C(=O)[C@@H](NC(=O)/C(=N\OC(C(=O)O)c4ccc(O)c(O)c4)c4csc(N)n4)[C@H]3SC2)cn1. The van der Waals surface area contributed by atoms with Gasteiger partial charge in [-0.2, -0.15) is 0 Å². The van der Waals surface area contributed by atoms with E-state index < -0.39 is 58.5 Å². The van der Waals surface area contributed by atoms with Crippen molar-refractivity contribution in [3.05, 3.63) is 64.7 Å². The molecule has 1 unspecified atom stereocenters. The van der Waals surface area contributed by atoms with E-state index in [4.69, 9.17) is 16.3 Å². The van der Waals surface area contributed by atoms with Crippen molar-refractivity contribution in [3.8, 4) is 11.5 Å². The summed E-state index contributed by atoms with van der Waals surface area (Å²) in [4.78, 5) is 64.7. The number of carboxylic acid groups (broad SMARTS) is 2. The second kappa shape index (κ2) is 12.1. The van der Waals surface area contributed by atoms with E-state index in [1.165, 1.54) is 35.6 Å². The lowest BCUT2D eigenvalue weighted by molar-refractivity contribution is -0.691. The maximum Gasteiger partial charge on any atom is 0.352 e. The number of β-lactam (4-membered cyclic amide) rings is 1. The third kappa shape index (κ3) is 5.90. The number of anilines is 2. The predicted molar refractivity (Wildman–Crippen MR) is 150 cm³/mol. The summed E-state index contributed by atoms with van der Waals surface area (Å²) < 4.78 is 1.59. The summed E-state index contributed by atoms with van der Waals surface area (Å²) in [6.45, 7) is 0.0973. The number of rotatable bonds is 10. The minimum atomic E-state index is -1.82. The summed E-state index contributed by atoms with van der Waals surface area (Å²) in [7, 11) is 0. The molecule has 3 aromatic rings. The fourth-order valence-corrected chi connectivity index (χ4v) is 6.25. The van der Waals surface area contributed by atoms with Crippen molar-refractivity contribution < 1.29 is 49.0 Å². The molecule has 5 rings (SSSR count). The van der Waals surface area contributed by atoms with Gasteiger partial charge < -0.3 is 46.8 Å². The van der Waals surface area contributed by atoms with Crippen LogP contribution < -0.4 is 26.5 Å². The van der Waals surface area contributed by atoms with Gasteiger partial charge in [-0.25, -0.2) is 14.3 Å². The number of aliphatic carboxylic acids is 2. The van der Waals surface area contributed by atoms with E-state index in [2.05, 4.69) is 20.4 Å². The molecule has 0 saturated carbocycles. The van der Waals surface area contributed by atoms with E-state index in [0.717, 1.165) is 28.4 Å². The Morgan fingerprint density at radius 2 is 2.02 bits per heavy atom. The Labute approximate surface area is 255 Å². The summed E-state index contributed by atoms with van der Waals surface area (Å²) in [6, 6.07) is 3.52. The molecule has 1 aromatic carbocycles. The van der Waals surface area contributed by atoms with Gasteiger partial charge in [-0.3, -0.25) is 14.5 Å². The number of phenols is 2. The monoisotopic (exact) mass is 642 g/mol. The molecule has 2 aliphatic rings. The second-order valence-electron chi connectivity index (χ2n) is 9.34. The number of carbonyl (C=O) groups excluding carboxylic acids is 3. The second-order valence-corrected chi connectivity index (χ2v) is 11.3. The molecule has 2 amide bonds. The zero-order valence-corrected chi connectivity index (χ0v) is 23.8. The van der Waals surface area contributed by atoms with Crippen LogP contribution in [0.4, 0.5) is 10.9 Å². The zero-order valence-electron chi connectivity index (χ0n) is 22.2. The Morgan fingerprint density at radius 3 is 2.64 bits per heavy atom. The maximum absolute atomic E-state index is 13.4. The lowest BCUT2D eigenvalue weighted by Gasteiger charge is -2.50. The molecule has 0 bridgehead atoms. The summed E-state index contributed by atoms with van der Waals surface area (Å²) in [6.07, 6.45) is 1.20. The molecule has 1 fully saturated rings. The molecule has 2 aromatic heterocycles. The van der Waals surface area contributed by atoms with Crippen molar-refractivity contribution in [2.75, 3.05) is 17.2 Å². The molecule has 0 aliphatic carbocycles. The standard InChI is InChI=1S/C25H22N8O9S2/c26-15-3-4-32(9-28-15)6-11-7-43-22-17(21(37)33(22)18(11)23(38)39)30-20(36)16(12-8-44-25(27)29-12)31-42-19(24(40)41)10-1-2-13(34)14(35)5-10/h1-5,8-9,17,19,22,26H,6-7H2,(H7,27,29,30,31,34,35,36,38,39,40,41)/t17-,19?,22-/m1/s1. The number of nitrogens with one attached hydrogen (secondary N) is 1. The van der Waals surface area contributed by atoms with Crippen molar-refractivity contribution in [1.29, 1.82) is 0 Å². The Balaban J connectivity index is 1.37. The number of carbonyl (C=O) groups is 4. The van der Waals surface area contributed by atoms with Gasteiger partial charge >= 0.3 is 5.97 Å². The summed E-state index contributed by atoms with van der Waals surface area (Å²) in [5.41, 5.74) is 10.6. The largest absolute Gasteiger partial charge is 0.543 e. The van der Waals surface area contributed by atoms with Crippen LogP contribution in [0.1, 0.15) is 17.4 Å². The number of thiazole rings is 1. The molecule has 19 heteroatoms. The fourth-order valence-electron chi connectivity index (χ4n) is 4.37. The van der Waals surface area contributed by atoms with E-state index in [-0.39, 0.29) is 40.2 Å². The van der Waals surface area contributed by atoms with Gasteiger partial charge in [0.25, 0.3) is 18.1 Å². The number of aromatic nitrogens is 3. The van der Waals surface area contributed by atoms with Gasteiger partial charge in [0.15, 0.2) is 22.3 Å². The van der Waals surface area contributed by atoms with Gasteiger partial charge in [-0.15, -0.1) is 23.1 Å². The van der Waals surface area contributed by atoms with Crippen LogP contribution in [0, 0.1) is 0 Å². The summed E-state index contributed by atoms with van der Waals surface area (Å²) in [5, 5.41) is 47.9. The number of nitrogens with zero attached hydrogens (tertiary/aromatic N) is 5. The van der Waals surface area contributed by atoms with Crippen LogP contribution in [-0.2, 0) is 30.6 Å². The highest BCUT2D eigenvalue weighted by Crippen LogP contribution is 2.40. The fraction of sp³-hybridized carbons (Fsp3) is 0.200. The molecular formula is C25H22N8O9S2. The number of fused-ring (bicyclic) bond motifs is 1. The molecule has 44 heavy (non-hydrogen) atoms. The van der Waals surface area contributed by atoms with E-state index in [0.29, 0.717) is 5.57 Å². The van der Waals surface area contributed by atoms with Crippen LogP contribution in [0.5, 0.6) is 11.5 Å². The first kappa shape index (κ1) is 30.0. The Bertz CT molecular complexity index is 1730. The molecule has 17 nitrogen and oxygen atoms in total. The van der Waals surface area contributed by atoms with Crippen LogP contribution in [0.25, 0.3) is 0 Å². The predicted octanol–water partition coefficient (Wildman–Crippen LogP) is -1.95. The van der Waals surface area contributed by atoms with Gasteiger partial charge in [0, 0.05) is 28.3 Å². The number of nitrogen functional groups attached to an aromatic ring is 2. The van der Waals surface area contributed by atoms with Crippen LogP contribution >= 0.6 is 23.1 Å². The Morgan fingerprint density at radius 1 is 1.25 bits per heavy atom. The van der Waals surface area contributed by atoms with Crippen LogP contribution in [0.15, 0.2) is 58.6 Å². The maximum atomic E-state index is 13.4. The molecule has 228 valence electrons. The number of thioether (sulfide) groups is 1. The lowest BCUT2D eigenvalue weighted by Crippen LogP contribution is -2.71. The Hall–Kier alpha value is -5.43. The minimum absolute atomic E-state index is 0.0536. The highest BCUT2D eigenvalue weighted by atomic mass is 32.2. The van der Waals surface area contributed by atoms with Crippen molar-refractivity contribution in [2.24, 2.45) is 5.16 Å². The number of oxime groups is 1. The molecule has 1 saturated heterocycles. The Kier molecular flexibility index (Phi) is 8.23. The molecular weight excluding hydrogens is 620 g/mol. The van der Waals surface area contributed by atoms with Crippen molar-refractivity contribution in [3.63, 3.8) is 0 Å². The smallest absolute Gasteiger partial charge is 0.352 e. The van der Waals surface area contributed by atoms with Gasteiger partial charge in [0.05, 0.1) is 17.9 Å². The van der Waals surface area contributed by atoms with E-state index >= 15 is 0 Å². The van der Waals surface area contributed by atoms with Crippen LogP contribution in [0.3, 0.4) is 0 Å². The van der Waals surface area contributed by atoms with Gasteiger partial charge in [-0.1, -0.05) is 11.2 Å². The number of hydrogen-bond donors (Lipinski definition) is 6. The number of nitrogens with two attached hydrogens (primary N) is 2. The summed E-state index contributed by atoms with van der Waals surface area (Å²) >= 11 is 2.16. The highest BCUT2D eigenvalue weighted by Gasteiger charge is 2.53. The number of carboxylic acids is 2. The average Bonchev–Trinajstić information content (AvgIpc) is 3.41. The molecule has 2 aliphatic heterocycles. The molecule has 0 spiro atoms. The topological polar surface area (TPSA) is 271 Å². The molecule has 4 heterocycles. The minimum Gasteiger partial charge on any atom is -0.543 e. The third-order valence-corrected chi connectivity index (χ3v) is 8.46. The first-order valence-electron chi connectivity index (χ1n) is 12.4. The summed E-state index contributed by atoms with van der Waals surface area (Å²) in [5.74, 6) is -5.46. The molecule has 3 atom stereocenters. The van der Waals surface area contributed by atoms with E-state index in [1.807, 2.05) is 0 Å². The number of amides is 2. The molecule has 0 radical (unpaired) electrons. The highest BCUT2D eigenvalue weighted by molar-refractivity contribution is 8.00. The first-order valence-corrected chi connectivity index (χ1v) is 14.4. The van der Waals surface area contributed by atoms with Crippen molar-refractivity contribution >= 4 is 63.5 Å². The number of aromatic hydroxyl groups is 2. The van der Waals surface area contributed by atoms with Crippen molar-refractivity contribution in [2.45, 2.75) is 24.1 Å². The van der Waals surface area contributed by atoms with Crippen LogP contribution in [0.2, 0.25) is 0 Å². The van der Waals surface area contributed by atoms with Crippen LogP contribution in [-0.4, -0.2) is 76.8 Å². The van der Waals surface area contributed by atoms with Gasteiger partial charge in [-0.05, 0) is 17.1 Å². The lowest BCUT2D eigenvalue weighted by atomic mass is 10.0. The molecule has 8 N–H and O–H groups in total. The average molecular weight is 643 g/mol. The number of phenolic OH excluding ortho intramolecular Hbond substituents is 2. The van der Waals surface area contributed by atoms with Gasteiger partial charge in [0.1, 0.15) is 23.7 Å². The quantitative estimate of drug-likeness (QED) is 0.0461. The zero-order chi connectivity index (χ0) is 31.7. The number of hydrogen-bond acceptors (Lipinski definition) is 15. The first-order chi connectivity index (χ1) is 20.9. The van der Waals surface area contributed by atoms with E-state index in [9.17, 15) is 39.6 Å². The van der Waals surface area contributed by atoms with Gasteiger partial charge in [0.2, 0.25) is 11.9 Å². The third-order valence-electron chi connectivity index (χ3n) is 6.45.